The van der Waals surface area contributed by atoms with Gasteiger partial charge in [-0.3, -0.25) is 4.79 Å². The van der Waals surface area contributed by atoms with Crippen LogP contribution in [0, 0.1) is 11.6 Å². The van der Waals surface area contributed by atoms with Crippen LogP contribution >= 0.6 is 23.1 Å². The number of hydrogen-bond acceptors (Lipinski definition) is 4. The van der Waals surface area contributed by atoms with Crippen LogP contribution in [-0.4, -0.2) is 16.6 Å². The predicted octanol–water partition coefficient (Wildman–Crippen LogP) is 4.31. The lowest BCUT2D eigenvalue weighted by Gasteiger charge is -2.02. The number of anilines is 1. The van der Waals surface area contributed by atoms with E-state index < -0.39 is 5.82 Å². The number of para-hydroxylation sites is 1. The molecule has 3 rings (SSSR count). The van der Waals surface area contributed by atoms with Gasteiger partial charge in [0.05, 0.1) is 10.5 Å². The van der Waals surface area contributed by atoms with E-state index in [1.54, 1.807) is 24.3 Å². The maximum absolute atomic E-state index is 13.5. The molecule has 0 aliphatic carbocycles. The Morgan fingerprint density at radius 2 is 1.95 bits per heavy atom. The van der Waals surface area contributed by atoms with E-state index in [2.05, 4.69) is 10.3 Å². The second kappa shape index (κ2) is 6.41. The minimum Gasteiger partial charge on any atom is -0.301 e. The van der Waals surface area contributed by atoms with Crippen LogP contribution in [0.2, 0.25) is 0 Å². The van der Waals surface area contributed by atoms with Crippen LogP contribution in [0.5, 0.6) is 0 Å². The van der Waals surface area contributed by atoms with E-state index in [9.17, 15) is 13.6 Å². The highest BCUT2D eigenvalue weighted by Crippen LogP contribution is 2.27. The van der Waals surface area contributed by atoms with E-state index in [0.29, 0.717) is 9.83 Å². The third-order valence-electron chi connectivity index (χ3n) is 2.80. The molecule has 1 aromatic heterocycles. The van der Waals surface area contributed by atoms with Crippen LogP contribution in [0.4, 0.5) is 13.9 Å². The van der Waals surface area contributed by atoms with Crippen molar-refractivity contribution in [3.63, 3.8) is 0 Å². The van der Waals surface area contributed by atoms with Crippen LogP contribution in [0.1, 0.15) is 0 Å². The van der Waals surface area contributed by atoms with Crippen LogP contribution in [0.15, 0.2) is 47.4 Å². The molecular weight excluding hydrogens is 326 g/mol. The highest BCUT2D eigenvalue weighted by molar-refractivity contribution is 8.00. The standard InChI is InChI=1S/C15H10F2N2OS2/c16-9-4-6-10(7-5-9)21-8-13(20)18-15-19-14-11(17)2-1-3-12(14)22-15/h1-7H,8H2,(H,18,19,20). The Morgan fingerprint density at radius 1 is 1.18 bits per heavy atom. The molecule has 0 unspecified atom stereocenters. The number of fused-ring (bicyclic) bond motifs is 1. The fourth-order valence-electron chi connectivity index (χ4n) is 1.80. The molecule has 112 valence electrons. The summed E-state index contributed by atoms with van der Waals surface area (Å²) in [5, 5.41) is 3.01. The first-order valence-electron chi connectivity index (χ1n) is 6.35. The fourth-order valence-corrected chi connectivity index (χ4v) is 3.40. The lowest BCUT2D eigenvalue weighted by atomic mass is 10.3. The molecule has 0 spiro atoms. The molecular formula is C15H10F2N2OS2. The van der Waals surface area contributed by atoms with E-state index in [0.717, 1.165) is 4.90 Å². The number of benzene rings is 2. The Balaban J connectivity index is 1.63. The molecule has 0 aliphatic heterocycles. The maximum atomic E-state index is 13.5. The Labute approximate surface area is 133 Å². The van der Waals surface area contributed by atoms with Gasteiger partial charge in [0.25, 0.3) is 0 Å². The van der Waals surface area contributed by atoms with Crippen molar-refractivity contribution in [1.29, 1.82) is 0 Å². The van der Waals surface area contributed by atoms with Crippen molar-refractivity contribution in [2.45, 2.75) is 4.90 Å². The minimum atomic E-state index is -0.407. The van der Waals surface area contributed by atoms with Gasteiger partial charge in [-0.15, -0.1) is 11.8 Å². The number of rotatable bonds is 4. The summed E-state index contributed by atoms with van der Waals surface area (Å²) in [6, 6.07) is 10.6. The molecule has 1 amide bonds. The van der Waals surface area contributed by atoms with Crippen molar-refractivity contribution in [3.8, 4) is 0 Å². The maximum Gasteiger partial charge on any atom is 0.236 e. The number of thioether (sulfide) groups is 1. The summed E-state index contributed by atoms with van der Waals surface area (Å²) >= 11 is 2.51. The first kappa shape index (κ1) is 14.9. The van der Waals surface area contributed by atoms with Gasteiger partial charge < -0.3 is 5.32 Å². The van der Waals surface area contributed by atoms with Gasteiger partial charge in [-0.05, 0) is 36.4 Å². The normalized spacial score (nSPS) is 10.8. The monoisotopic (exact) mass is 336 g/mol. The Morgan fingerprint density at radius 3 is 2.68 bits per heavy atom. The van der Waals surface area contributed by atoms with Gasteiger partial charge >= 0.3 is 0 Å². The van der Waals surface area contributed by atoms with Crippen molar-refractivity contribution < 1.29 is 13.6 Å². The second-order valence-electron chi connectivity index (χ2n) is 4.40. The van der Waals surface area contributed by atoms with E-state index >= 15 is 0 Å². The second-order valence-corrected chi connectivity index (χ2v) is 6.48. The highest BCUT2D eigenvalue weighted by atomic mass is 32.2. The van der Waals surface area contributed by atoms with Crippen molar-refractivity contribution >= 4 is 44.4 Å². The summed E-state index contributed by atoms with van der Waals surface area (Å²) in [6.45, 7) is 0. The molecule has 22 heavy (non-hydrogen) atoms. The zero-order valence-corrected chi connectivity index (χ0v) is 12.8. The lowest BCUT2D eigenvalue weighted by molar-refractivity contribution is -0.113. The zero-order valence-electron chi connectivity index (χ0n) is 11.2. The number of hydrogen-bond donors (Lipinski definition) is 1. The van der Waals surface area contributed by atoms with Crippen molar-refractivity contribution in [1.82, 2.24) is 4.98 Å². The number of amides is 1. The predicted molar refractivity (Wildman–Crippen MR) is 85.3 cm³/mol. The zero-order chi connectivity index (χ0) is 15.5. The molecule has 0 atom stereocenters. The quantitative estimate of drug-likeness (QED) is 0.722. The largest absolute Gasteiger partial charge is 0.301 e. The fraction of sp³-hybridized carbons (Fsp3) is 0.0667. The molecule has 0 bridgehead atoms. The molecule has 1 N–H and O–H groups in total. The van der Waals surface area contributed by atoms with E-state index in [4.69, 9.17) is 0 Å². The number of nitrogens with zero attached hydrogens (tertiary/aromatic N) is 1. The number of thiazole rings is 1. The smallest absolute Gasteiger partial charge is 0.236 e. The van der Waals surface area contributed by atoms with Gasteiger partial charge in [0.1, 0.15) is 17.2 Å². The molecule has 0 aliphatic rings. The summed E-state index contributed by atoms with van der Waals surface area (Å²) < 4.78 is 27.0. The first-order valence-corrected chi connectivity index (χ1v) is 8.15. The number of aromatic nitrogens is 1. The topological polar surface area (TPSA) is 42.0 Å². The molecule has 7 heteroatoms. The average Bonchev–Trinajstić information content (AvgIpc) is 2.90. The molecule has 1 heterocycles. The van der Waals surface area contributed by atoms with E-state index in [1.807, 2.05) is 0 Å². The van der Waals surface area contributed by atoms with Crippen LogP contribution < -0.4 is 5.32 Å². The summed E-state index contributed by atoms with van der Waals surface area (Å²) in [4.78, 5) is 16.8. The third kappa shape index (κ3) is 3.42. The third-order valence-corrected chi connectivity index (χ3v) is 4.75. The van der Waals surface area contributed by atoms with Gasteiger partial charge in [0.2, 0.25) is 5.91 Å². The van der Waals surface area contributed by atoms with Crippen LogP contribution in [0.25, 0.3) is 10.2 Å². The molecule has 0 radical (unpaired) electrons. The van der Waals surface area contributed by atoms with Crippen molar-refractivity contribution in [2.24, 2.45) is 0 Å². The van der Waals surface area contributed by atoms with Gasteiger partial charge in [-0.25, -0.2) is 13.8 Å². The van der Waals surface area contributed by atoms with Crippen LogP contribution in [0.3, 0.4) is 0 Å². The molecule has 0 saturated carbocycles. The number of carbonyl (C=O) groups is 1. The summed E-state index contributed by atoms with van der Waals surface area (Å²) in [6.07, 6.45) is 0. The van der Waals surface area contributed by atoms with Gasteiger partial charge in [0.15, 0.2) is 5.13 Å². The molecule has 2 aromatic carbocycles. The number of nitrogens with one attached hydrogen (secondary N) is 1. The van der Waals surface area contributed by atoms with Gasteiger partial charge in [-0.2, -0.15) is 0 Å². The van der Waals surface area contributed by atoms with Gasteiger partial charge in [0, 0.05) is 4.90 Å². The molecule has 0 fully saturated rings. The Kier molecular flexibility index (Phi) is 4.35. The van der Waals surface area contributed by atoms with E-state index in [-0.39, 0.29) is 23.0 Å². The number of carbonyl (C=O) groups excluding carboxylic acids is 1. The SMILES string of the molecule is O=C(CSc1ccc(F)cc1)Nc1nc2c(F)cccc2s1. The lowest BCUT2D eigenvalue weighted by Crippen LogP contribution is -2.13. The minimum absolute atomic E-state index is 0.171. The van der Waals surface area contributed by atoms with Crippen molar-refractivity contribution in [3.05, 3.63) is 54.1 Å². The van der Waals surface area contributed by atoms with Gasteiger partial charge in [-0.1, -0.05) is 17.4 Å². The first-order chi connectivity index (χ1) is 10.6. The summed E-state index contributed by atoms with van der Waals surface area (Å²) in [5.41, 5.74) is 0.258. The molecule has 3 aromatic rings. The highest BCUT2D eigenvalue weighted by Gasteiger charge is 2.10. The van der Waals surface area contributed by atoms with Crippen LogP contribution in [-0.2, 0) is 4.79 Å². The Hall–Kier alpha value is -1.99. The number of halogens is 2. The Bertz CT molecular complexity index is 818. The summed E-state index contributed by atoms with van der Waals surface area (Å²) in [5.74, 6) is -0.793. The van der Waals surface area contributed by atoms with Crippen molar-refractivity contribution in [2.75, 3.05) is 11.1 Å². The molecule has 3 nitrogen and oxygen atoms in total. The average molecular weight is 336 g/mol. The molecule has 0 saturated heterocycles. The van der Waals surface area contributed by atoms with E-state index in [1.165, 1.54) is 41.3 Å². The summed E-state index contributed by atoms with van der Waals surface area (Å²) in [7, 11) is 0.